The smallest absolute Gasteiger partial charge is 0.269 e. The fourth-order valence-electron chi connectivity index (χ4n) is 2.69. The molecule has 0 aliphatic heterocycles. The molecule has 1 saturated carbocycles. The number of hydrazine groups is 1. The highest BCUT2D eigenvalue weighted by Crippen LogP contribution is 2.38. The molecule has 1 aliphatic rings. The van der Waals surface area contributed by atoms with E-state index in [0.717, 1.165) is 12.8 Å². The molecule has 1 amide bonds. The summed E-state index contributed by atoms with van der Waals surface area (Å²) in [6.45, 7) is 0. The van der Waals surface area contributed by atoms with Gasteiger partial charge < -0.3 is 19.5 Å². The normalized spacial score (nSPS) is 14.0. The molecule has 1 aromatic carbocycles. The van der Waals surface area contributed by atoms with E-state index in [1.807, 2.05) is 0 Å². The summed E-state index contributed by atoms with van der Waals surface area (Å²) in [6.07, 6.45) is 4.61. The van der Waals surface area contributed by atoms with Crippen molar-refractivity contribution in [1.82, 2.24) is 16.2 Å². The van der Waals surface area contributed by atoms with Crippen LogP contribution in [0.2, 0.25) is 0 Å². The van der Waals surface area contributed by atoms with E-state index < -0.39 is 0 Å². The van der Waals surface area contributed by atoms with E-state index in [4.69, 9.17) is 26.4 Å². The zero-order valence-electron chi connectivity index (χ0n) is 14.1. The number of methoxy groups -OCH3 is 3. The third kappa shape index (κ3) is 4.41. The summed E-state index contributed by atoms with van der Waals surface area (Å²) in [7, 11) is 4.50. The molecule has 0 radical (unpaired) electrons. The Kier molecular flexibility index (Phi) is 6.48. The van der Waals surface area contributed by atoms with Crippen molar-refractivity contribution < 1.29 is 19.0 Å². The zero-order chi connectivity index (χ0) is 17.5. The van der Waals surface area contributed by atoms with Crippen molar-refractivity contribution in [2.75, 3.05) is 21.3 Å². The van der Waals surface area contributed by atoms with Crippen molar-refractivity contribution in [1.29, 1.82) is 0 Å². The van der Waals surface area contributed by atoms with Gasteiger partial charge in [-0.05, 0) is 37.2 Å². The Bertz CT molecular complexity index is 578. The Morgan fingerprint density at radius 1 is 1.04 bits per heavy atom. The molecule has 7 nitrogen and oxygen atoms in total. The maximum Gasteiger partial charge on any atom is 0.269 e. The van der Waals surface area contributed by atoms with Crippen molar-refractivity contribution in [3.63, 3.8) is 0 Å². The van der Waals surface area contributed by atoms with E-state index in [1.54, 1.807) is 12.1 Å². The number of carbonyl (C=O) groups is 1. The van der Waals surface area contributed by atoms with Crippen LogP contribution in [0, 0.1) is 0 Å². The van der Waals surface area contributed by atoms with Crippen molar-refractivity contribution in [2.24, 2.45) is 0 Å². The second-order valence-corrected chi connectivity index (χ2v) is 5.86. The van der Waals surface area contributed by atoms with Crippen LogP contribution in [0.25, 0.3) is 0 Å². The van der Waals surface area contributed by atoms with Gasteiger partial charge in [-0.15, -0.1) is 0 Å². The Morgan fingerprint density at radius 2 is 1.62 bits per heavy atom. The first-order valence-electron chi connectivity index (χ1n) is 7.76. The fraction of sp³-hybridized carbons (Fsp3) is 0.500. The summed E-state index contributed by atoms with van der Waals surface area (Å²) in [5, 5.41) is 3.59. The minimum Gasteiger partial charge on any atom is -0.493 e. The van der Waals surface area contributed by atoms with Gasteiger partial charge in [-0.2, -0.15) is 0 Å². The highest BCUT2D eigenvalue weighted by molar-refractivity contribution is 7.80. The van der Waals surface area contributed by atoms with Gasteiger partial charge in [0.15, 0.2) is 16.6 Å². The van der Waals surface area contributed by atoms with Crippen molar-refractivity contribution in [3.05, 3.63) is 17.7 Å². The lowest BCUT2D eigenvalue weighted by molar-refractivity contribution is 0.0942. The van der Waals surface area contributed by atoms with Crippen LogP contribution >= 0.6 is 12.2 Å². The molecule has 0 atom stereocenters. The number of thiocarbonyl (C=S) groups is 1. The van der Waals surface area contributed by atoms with Crippen molar-refractivity contribution in [3.8, 4) is 17.2 Å². The predicted molar refractivity (Wildman–Crippen MR) is 94.7 cm³/mol. The molecular weight excluding hydrogens is 330 g/mol. The summed E-state index contributed by atoms with van der Waals surface area (Å²) in [5.41, 5.74) is 5.65. The fourth-order valence-corrected chi connectivity index (χ4v) is 2.91. The molecule has 0 bridgehead atoms. The van der Waals surface area contributed by atoms with Crippen molar-refractivity contribution in [2.45, 2.75) is 31.7 Å². The molecule has 24 heavy (non-hydrogen) atoms. The quantitative estimate of drug-likeness (QED) is 0.550. The maximum atomic E-state index is 12.3. The average molecular weight is 353 g/mol. The molecule has 0 heterocycles. The molecular formula is C16H23N3O4S. The van der Waals surface area contributed by atoms with Crippen LogP contribution in [0.4, 0.5) is 0 Å². The Hall–Kier alpha value is -2.22. The van der Waals surface area contributed by atoms with Gasteiger partial charge in [0.25, 0.3) is 5.91 Å². The molecule has 132 valence electrons. The first kappa shape index (κ1) is 18.1. The molecule has 1 fully saturated rings. The third-order valence-corrected chi connectivity index (χ3v) is 4.13. The Morgan fingerprint density at radius 3 is 2.12 bits per heavy atom. The summed E-state index contributed by atoms with van der Waals surface area (Å²) in [4.78, 5) is 12.3. The van der Waals surface area contributed by atoms with E-state index in [-0.39, 0.29) is 5.91 Å². The molecule has 1 aromatic rings. The maximum absolute atomic E-state index is 12.3. The standard InChI is InChI=1S/C16H23N3O4S/c1-21-12-8-10(9-13(22-2)14(12)23-3)15(20)18-19-16(24)17-11-6-4-5-7-11/h8-9,11H,4-7H2,1-3H3,(H,18,20)(H2,17,19,24). The summed E-state index contributed by atoms with van der Waals surface area (Å²) in [6, 6.07) is 3.53. The second-order valence-electron chi connectivity index (χ2n) is 5.45. The average Bonchev–Trinajstić information content (AvgIpc) is 3.11. The minimum atomic E-state index is -0.357. The summed E-state index contributed by atoms with van der Waals surface area (Å²) >= 11 is 5.19. The van der Waals surface area contributed by atoms with Gasteiger partial charge in [0.1, 0.15) is 0 Å². The van der Waals surface area contributed by atoms with Gasteiger partial charge in [0.2, 0.25) is 5.75 Å². The van der Waals surface area contributed by atoms with Crippen LogP contribution in [-0.2, 0) is 0 Å². The van der Waals surface area contributed by atoms with Gasteiger partial charge in [-0.3, -0.25) is 15.6 Å². The summed E-state index contributed by atoms with van der Waals surface area (Å²) in [5.74, 6) is 0.898. The highest BCUT2D eigenvalue weighted by atomic mass is 32.1. The number of nitrogens with one attached hydrogen (secondary N) is 3. The number of hydrogen-bond acceptors (Lipinski definition) is 5. The molecule has 0 unspecified atom stereocenters. The SMILES string of the molecule is COc1cc(C(=O)NNC(=S)NC2CCCC2)cc(OC)c1OC. The molecule has 0 saturated heterocycles. The zero-order valence-corrected chi connectivity index (χ0v) is 14.9. The highest BCUT2D eigenvalue weighted by Gasteiger charge is 2.18. The van der Waals surface area contributed by atoms with E-state index in [9.17, 15) is 4.79 Å². The molecule has 1 aliphatic carbocycles. The Balaban J connectivity index is 1.99. The topological polar surface area (TPSA) is 80.9 Å². The van der Waals surface area contributed by atoms with Crippen LogP contribution in [0.15, 0.2) is 12.1 Å². The third-order valence-electron chi connectivity index (χ3n) is 3.91. The monoisotopic (exact) mass is 353 g/mol. The van der Waals surface area contributed by atoms with Gasteiger partial charge in [0, 0.05) is 11.6 Å². The van der Waals surface area contributed by atoms with E-state index >= 15 is 0 Å². The predicted octanol–water partition coefficient (Wildman–Crippen LogP) is 1.76. The lowest BCUT2D eigenvalue weighted by Crippen LogP contribution is -2.49. The minimum absolute atomic E-state index is 0.357. The number of hydrogen-bond donors (Lipinski definition) is 3. The van der Waals surface area contributed by atoms with Crippen LogP contribution in [0.5, 0.6) is 17.2 Å². The number of ether oxygens (including phenoxy) is 3. The van der Waals surface area contributed by atoms with Gasteiger partial charge >= 0.3 is 0 Å². The van der Waals surface area contributed by atoms with Crippen LogP contribution in [-0.4, -0.2) is 38.4 Å². The van der Waals surface area contributed by atoms with Crippen LogP contribution < -0.4 is 30.4 Å². The number of rotatable bonds is 5. The largest absolute Gasteiger partial charge is 0.493 e. The molecule has 2 rings (SSSR count). The van der Waals surface area contributed by atoms with Crippen LogP contribution in [0.3, 0.4) is 0 Å². The number of amides is 1. The summed E-state index contributed by atoms with van der Waals surface area (Å²) < 4.78 is 15.7. The first-order chi connectivity index (χ1) is 11.6. The lowest BCUT2D eigenvalue weighted by Gasteiger charge is -2.17. The number of carbonyl (C=O) groups excluding carboxylic acids is 1. The van der Waals surface area contributed by atoms with E-state index in [0.29, 0.717) is 34.0 Å². The second kappa shape index (κ2) is 8.58. The first-order valence-corrected chi connectivity index (χ1v) is 8.16. The molecule has 0 spiro atoms. The molecule has 0 aromatic heterocycles. The number of benzene rings is 1. The lowest BCUT2D eigenvalue weighted by atomic mass is 10.1. The van der Waals surface area contributed by atoms with Crippen molar-refractivity contribution >= 4 is 23.2 Å². The van der Waals surface area contributed by atoms with E-state index in [1.165, 1.54) is 34.2 Å². The molecule has 8 heteroatoms. The van der Waals surface area contributed by atoms with Crippen LogP contribution in [0.1, 0.15) is 36.0 Å². The van der Waals surface area contributed by atoms with E-state index in [2.05, 4.69) is 16.2 Å². The molecule has 3 N–H and O–H groups in total. The van der Waals surface area contributed by atoms with Gasteiger partial charge in [0.05, 0.1) is 21.3 Å². The van der Waals surface area contributed by atoms with Gasteiger partial charge in [-0.1, -0.05) is 12.8 Å². The Labute approximate surface area is 147 Å². The van der Waals surface area contributed by atoms with Gasteiger partial charge in [-0.25, -0.2) is 0 Å².